The van der Waals surface area contributed by atoms with Crippen molar-refractivity contribution < 1.29 is 8.85 Å². The molecule has 2 rings (SSSR count). The second kappa shape index (κ2) is 15.1. The van der Waals surface area contributed by atoms with Crippen molar-refractivity contribution in [2.75, 3.05) is 0 Å². The van der Waals surface area contributed by atoms with Gasteiger partial charge in [-0.3, -0.25) is 0 Å². The van der Waals surface area contributed by atoms with E-state index >= 15 is 0 Å². The highest BCUT2D eigenvalue weighted by Gasteiger charge is 2.35. The minimum Gasteiger partial charge on any atom is -0.512 e. The Hall–Kier alpha value is -1.74. The lowest BCUT2D eigenvalue weighted by Gasteiger charge is -2.28. The molecule has 0 aromatic heterocycles. The Morgan fingerprint density at radius 1 is 0.533 bits per heavy atom. The number of benzene rings is 2. The minimum atomic E-state index is -2.33. The van der Waals surface area contributed by atoms with E-state index in [9.17, 15) is 0 Å². The molecular weight excluding hydrogens is 384 g/mol. The first-order chi connectivity index (χ1) is 14.7. The molecule has 0 spiro atoms. The highest BCUT2D eigenvalue weighted by Crippen LogP contribution is 2.25. The second-order valence-electron chi connectivity index (χ2n) is 8.60. The number of para-hydroxylation sites is 2. The number of rotatable bonds is 17. The maximum absolute atomic E-state index is 6.42. The van der Waals surface area contributed by atoms with Gasteiger partial charge in [0.2, 0.25) is 0 Å². The van der Waals surface area contributed by atoms with Gasteiger partial charge < -0.3 is 8.85 Å². The van der Waals surface area contributed by atoms with Gasteiger partial charge in [-0.1, -0.05) is 114 Å². The fourth-order valence-corrected chi connectivity index (χ4v) is 6.29. The van der Waals surface area contributed by atoms with Gasteiger partial charge >= 0.3 is 8.56 Å². The number of hydrogen-bond donors (Lipinski definition) is 0. The van der Waals surface area contributed by atoms with E-state index in [0.717, 1.165) is 17.5 Å². The van der Waals surface area contributed by atoms with Crippen LogP contribution in [0.4, 0.5) is 0 Å². The van der Waals surface area contributed by atoms with Gasteiger partial charge in [-0.25, -0.2) is 0 Å². The quantitative estimate of drug-likeness (QED) is 0.186. The van der Waals surface area contributed by atoms with Crippen LogP contribution in [0.5, 0.6) is 11.5 Å². The van der Waals surface area contributed by atoms with Gasteiger partial charge in [0.15, 0.2) is 0 Å². The van der Waals surface area contributed by atoms with Gasteiger partial charge in [-0.15, -0.1) is 0 Å². The van der Waals surface area contributed by atoms with Gasteiger partial charge in [0.25, 0.3) is 0 Å². The van der Waals surface area contributed by atoms with Gasteiger partial charge in [0.05, 0.1) is 0 Å². The molecule has 0 saturated heterocycles. The first-order valence-corrected chi connectivity index (χ1v) is 14.7. The molecule has 2 aromatic carbocycles. The maximum atomic E-state index is 6.42. The van der Waals surface area contributed by atoms with Gasteiger partial charge in [-0.2, -0.15) is 0 Å². The van der Waals surface area contributed by atoms with Crippen molar-refractivity contribution in [3.05, 3.63) is 60.7 Å². The fraction of sp³-hybridized carbons (Fsp3) is 0.556. The Morgan fingerprint density at radius 3 is 1.30 bits per heavy atom. The maximum Gasteiger partial charge on any atom is 0.457 e. The third kappa shape index (κ3) is 10.9. The molecule has 0 amide bonds. The second-order valence-corrected chi connectivity index (χ2v) is 11.8. The van der Waals surface area contributed by atoms with E-state index in [4.69, 9.17) is 8.85 Å². The van der Waals surface area contributed by atoms with Crippen molar-refractivity contribution >= 4 is 8.56 Å². The molecule has 3 heteroatoms. The Kier molecular flexibility index (Phi) is 12.4. The van der Waals surface area contributed by atoms with Crippen LogP contribution in [0.3, 0.4) is 0 Å². The zero-order valence-electron chi connectivity index (χ0n) is 19.3. The van der Waals surface area contributed by atoms with Crippen molar-refractivity contribution in [2.45, 2.75) is 96.6 Å². The molecule has 2 nitrogen and oxygen atoms in total. The summed E-state index contributed by atoms with van der Waals surface area (Å²) in [6.45, 7) is 4.48. The first kappa shape index (κ1) is 24.5. The summed E-state index contributed by atoms with van der Waals surface area (Å²) in [4.78, 5) is 0. The van der Waals surface area contributed by atoms with Gasteiger partial charge in [0, 0.05) is 12.6 Å². The molecule has 0 bridgehead atoms. The Balaban J connectivity index is 1.66. The molecule has 166 valence electrons. The third-order valence-corrected chi connectivity index (χ3v) is 8.24. The van der Waals surface area contributed by atoms with Crippen LogP contribution < -0.4 is 8.85 Å². The van der Waals surface area contributed by atoms with E-state index in [1.54, 1.807) is 0 Å². The zero-order chi connectivity index (χ0) is 21.3. The third-order valence-electron chi connectivity index (χ3n) is 5.64. The fourth-order valence-electron chi connectivity index (χ4n) is 3.89. The summed E-state index contributed by atoms with van der Waals surface area (Å²) in [6.07, 6.45) is 16.4. The van der Waals surface area contributed by atoms with Crippen LogP contribution in [0.25, 0.3) is 0 Å². The predicted octanol–water partition coefficient (Wildman–Crippen LogP) is 8.92. The van der Waals surface area contributed by atoms with Crippen LogP contribution in [-0.4, -0.2) is 8.56 Å². The van der Waals surface area contributed by atoms with Crippen LogP contribution in [0.15, 0.2) is 60.7 Å². The highest BCUT2D eigenvalue weighted by molar-refractivity contribution is 6.67. The molecule has 30 heavy (non-hydrogen) atoms. The van der Waals surface area contributed by atoms with E-state index in [0.29, 0.717) is 0 Å². The molecule has 0 aliphatic rings. The average molecular weight is 427 g/mol. The standard InChI is InChI=1S/C27H42O2Si/c1-3-4-5-6-7-8-9-10-11-12-13-20-25-30(2,28-26-21-16-14-17-22-26)29-27-23-18-15-19-24-27/h14-19,21-24H,3-13,20,25H2,1-2H3. The van der Waals surface area contributed by atoms with E-state index < -0.39 is 8.56 Å². The van der Waals surface area contributed by atoms with Crippen molar-refractivity contribution in [1.29, 1.82) is 0 Å². The number of hydrogen-bond acceptors (Lipinski definition) is 2. The lowest BCUT2D eigenvalue weighted by molar-refractivity contribution is 0.384. The van der Waals surface area contributed by atoms with Crippen LogP contribution in [0, 0.1) is 0 Å². The molecule has 2 aromatic rings. The Labute approximate surface area is 186 Å². The first-order valence-electron chi connectivity index (χ1n) is 12.2. The van der Waals surface area contributed by atoms with E-state index in [1.807, 2.05) is 60.7 Å². The van der Waals surface area contributed by atoms with Crippen LogP contribution >= 0.6 is 0 Å². The summed E-state index contributed by atoms with van der Waals surface area (Å²) in [6, 6.07) is 21.3. The molecule has 0 unspecified atom stereocenters. The lowest BCUT2D eigenvalue weighted by Crippen LogP contribution is -2.45. The Morgan fingerprint density at radius 2 is 0.900 bits per heavy atom. The van der Waals surface area contributed by atoms with E-state index in [-0.39, 0.29) is 0 Å². The van der Waals surface area contributed by atoms with Crippen LogP contribution in [0.1, 0.15) is 84.0 Å². The molecule has 0 atom stereocenters. The summed E-state index contributed by atoms with van der Waals surface area (Å²) in [7, 11) is -2.33. The van der Waals surface area contributed by atoms with E-state index in [2.05, 4.69) is 13.5 Å². The minimum absolute atomic E-state index is 0.918. The molecule has 0 saturated carbocycles. The normalized spacial score (nSPS) is 11.4. The van der Waals surface area contributed by atoms with Crippen molar-refractivity contribution in [3.8, 4) is 11.5 Å². The highest BCUT2D eigenvalue weighted by atomic mass is 28.4. The van der Waals surface area contributed by atoms with Gasteiger partial charge in [0.1, 0.15) is 11.5 Å². The Bertz CT molecular complexity index is 603. The predicted molar refractivity (Wildman–Crippen MR) is 132 cm³/mol. The molecule has 0 aliphatic heterocycles. The van der Waals surface area contributed by atoms with Crippen LogP contribution in [0.2, 0.25) is 12.6 Å². The monoisotopic (exact) mass is 426 g/mol. The summed E-state index contributed by atoms with van der Waals surface area (Å²) in [5.74, 6) is 1.84. The number of unbranched alkanes of at least 4 members (excludes halogenated alkanes) is 11. The molecular formula is C27H42O2Si. The zero-order valence-corrected chi connectivity index (χ0v) is 20.3. The lowest BCUT2D eigenvalue weighted by atomic mass is 10.1. The topological polar surface area (TPSA) is 18.5 Å². The average Bonchev–Trinajstić information content (AvgIpc) is 2.76. The molecule has 0 fully saturated rings. The van der Waals surface area contributed by atoms with Gasteiger partial charge in [-0.05, 0) is 30.7 Å². The van der Waals surface area contributed by atoms with Crippen molar-refractivity contribution in [1.82, 2.24) is 0 Å². The summed E-state index contributed by atoms with van der Waals surface area (Å²) in [5.41, 5.74) is 0. The molecule has 0 heterocycles. The SMILES string of the molecule is CCCCCCCCCCCCCC[Si](C)(Oc1ccccc1)Oc1ccccc1. The largest absolute Gasteiger partial charge is 0.512 e. The van der Waals surface area contributed by atoms with Crippen molar-refractivity contribution in [3.63, 3.8) is 0 Å². The molecule has 0 radical (unpaired) electrons. The smallest absolute Gasteiger partial charge is 0.457 e. The van der Waals surface area contributed by atoms with Crippen molar-refractivity contribution in [2.24, 2.45) is 0 Å². The van der Waals surface area contributed by atoms with E-state index in [1.165, 1.54) is 77.0 Å². The molecule has 0 aliphatic carbocycles. The van der Waals surface area contributed by atoms with Crippen LogP contribution in [-0.2, 0) is 0 Å². The molecule has 0 N–H and O–H groups in total. The summed E-state index contributed by atoms with van der Waals surface area (Å²) < 4.78 is 12.8. The summed E-state index contributed by atoms with van der Waals surface area (Å²) in [5, 5.41) is 0. The summed E-state index contributed by atoms with van der Waals surface area (Å²) >= 11 is 0.